The highest BCUT2D eigenvalue weighted by molar-refractivity contribution is 9.10. The summed E-state index contributed by atoms with van der Waals surface area (Å²) < 4.78 is 27.8. The van der Waals surface area contributed by atoms with Gasteiger partial charge in [-0.15, -0.1) is 0 Å². The molecule has 1 aromatic heterocycles. The predicted octanol–water partition coefficient (Wildman–Crippen LogP) is 3.32. The van der Waals surface area contributed by atoms with Crippen LogP contribution in [0.5, 0.6) is 0 Å². The average molecular weight is 406 g/mol. The van der Waals surface area contributed by atoms with Gasteiger partial charge in [-0.3, -0.25) is 0 Å². The van der Waals surface area contributed by atoms with E-state index in [1.54, 1.807) is 18.2 Å². The van der Waals surface area contributed by atoms with Crippen molar-refractivity contribution >= 4 is 49.1 Å². The monoisotopic (exact) mass is 404 g/mol. The number of rotatable bonds is 6. The first-order valence-electron chi connectivity index (χ1n) is 6.48. The lowest BCUT2D eigenvalue weighted by Crippen LogP contribution is -2.25. The molecule has 0 aliphatic heterocycles. The number of hydrogen-bond acceptors (Lipinski definition) is 5. The molecule has 2 aromatic rings. The maximum Gasteiger partial charge on any atom is 0.242 e. The average Bonchev–Trinajstić information content (AvgIpc) is 2.49. The molecule has 0 radical (unpaired) electrons. The maximum absolute atomic E-state index is 12.3. The Hall–Kier alpha value is -1.22. The molecule has 0 saturated carbocycles. The summed E-state index contributed by atoms with van der Waals surface area (Å²) in [6.07, 6.45) is 2.20. The second kappa shape index (κ2) is 7.36. The molecule has 0 aliphatic carbocycles. The number of nitrogens with one attached hydrogen (secondary N) is 2. The van der Waals surface area contributed by atoms with Gasteiger partial charge in [-0.2, -0.15) is 4.98 Å². The van der Waals surface area contributed by atoms with Gasteiger partial charge in [0.25, 0.3) is 0 Å². The number of halogens is 2. The first-order chi connectivity index (χ1) is 10.4. The van der Waals surface area contributed by atoms with Crippen LogP contribution in [-0.2, 0) is 10.0 Å². The van der Waals surface area contributed by atoms with E-state index < -0.39 is 10.0 Å². The Morgan fingerprint density at radius 1 is 1.32 bits per heavy atom. The van der Waals surface area contributed by atoms with E-state index in [-0.39, 0.29) is 10.2 Å². The minimum atomic E-state index is -3.60. The number of para-hydroxylation sites is 1. The molecule has 2 rings (SSSR count). The van der Waals surface area contributed by atoms with Gasteiger partial charge >= 0.3 is 0 Å². The highest BCUT2D eigenvalue weighted by atomic mass is 79.9. The van der Waals surface area contributed by atoms with Crippen LogP contribution in [0.15, 0.2) is 39.8 Å². The Morgan fingerprint density at radius 3 is 2.77 bits per heavy atom. The smallest absolute Gasteiger partial charge is 0.242 e. The number of benzene rings is 1. The second-order valence-electron chi connectivity index (χ2n) is 4.35. The molecule has 9 heteroatoms. The van der Waals surface area contributed by atoms with Crippen LogP contribution < -0.4 is 10.0 Å². The van der Waals surface area contributed by atoms with Gasteiger partial charge < -0.3 is 5.32 Å². The Labute approximate surface area is 142 Å². The van der Waals surface area contributed by atoms with E-state index >= 15 is 0 Å². The van der Waals surface area contributed by atoms with E-state index in [4.69, 9.17) is 11.6 Å². The summed E-state index contributed by atoms with van der Waals surface area (Å²) in [5, 5.41) is 3.03. The van der Waals surface area contributed by atoms with Crippen molar-refractivity contribution in [3.05, 3.63) is 40.2 Å². The minimum Gasteiger partial charge on any atom is -0.338 e. The molecule has 0 aliphatic rings. The van der Waals surface area contributed by atoms with Crippen LogP contribution in [-0.4, -0.2) is 24.9 Å². The molecule has 1 heterocycles. The summed E-state index contributed by atoms with van der Waals surface area (Å²) in [7, 11) is -3.60. The molecule has 0 fully saturated rings. The molecule has 2 N–H and O–H groups in total. The van der Waals surface area contributed by atoms with Crippen molar-refractivity contribution in [3.63, 3.8) is 0 Å². The molecule has 0 saturated heterocycles. The molecular weight excluding hydrogens is 392 g/mol. The van der Waals surface area contributed by atoms with E-state index in [2.05, 4.69) is 35.9 Å². The molecule has 0 spiro atoms. The third-order valence-corrected chi connectivity index (χ3v) is 4.97. The second-order valence-corrected chi connectivity index (χ2v) is 7.28. The minimum absolute atomic E-state index is 0.0650. The standard InChI is InChI=1S/C13H14BrClN4O2S/c1-2-7-17-22(20,21)11-6-4-3-5-10(11)18-12-9(14)8-16-13(15)19-12/h3-6,8,17H,2,7H2,1H3,(H,16,18,19). The van der Waals surface area contributed by atoms with Crippen LogP contribution in [0.2, 0.25) is 5.28 Å². The first-order valence-corrected chi connectivity index (χ1v) is 9.13. The quantitative estimate of drug-likeness (QED) is 0.720. The van der Waals surface area contributed by atoms with Gasteiger partial charge in [-0.25, -0.2) is 18.1 Å². The molecule has 6 nitrogen and oxygen atoms in total. The Balaban J connectivity index is 2.39. The number of sulfonamides is 1. The lowest BCUT2D eigenvalue weighted by molar-refractivity contribution is 0.581. The van der Waals surface area contributed by atoms with Crippen molar-refractivity contribution in [1.82, 2.24) is 14.7 Å². The maximum atomic E-state index is 12.3. The fourth-order valence-corrected chi connectivity index (χ4v) is 3.40. The van der Waals surface area contributed by atoms with Crippen LogP contribution in [0.1, 0.15) is 13.3 Å². The molecule has 22 heavy (non-hydrogen) atoms. The highest BCUT2D eigenvalue weighted by Gasteiger charge is 2.18. The fraction of sp³-hybridized carbons (Fsp3) is 0.231. The normalized spacial score (nSPS) is 11.4. The van der Waals surface area contributed by atoms with Gasteiger partial charge in [-0.05, 0) is 46.1 Å². The zero-order valence-electron chi connectivity index (χ0n) is 11.7. The summed E-state index contributed by atoms with van der Waals surface area (Å²) in [5.41, 5.74) is 0.404. The lowest BCUT2D eigenvalue weighted by Gasteiger charge is -2.13. The van der Waals surface area contributed by atoms with E-state index in [1.807, 2.05) is 6.92 Å². The summed E-state index contributed by atoms with van der Waals surface area (Å²) >= 11 is 9.06. The Bertz CT molecular complexity index is 770. The number of aromatic nitrogens is 2. The van der Waals surface area contributed by atoms with Crippen LogP contribution in [0.25, 0.3) is 0 Å². The molecule has 0 bridgehead atoms. The summed E-state index contributed by atoms with van der Waals surface area (Å²) in [5.74, 6) is 0.387. The lowest BCUT2D eigenvalue weighted by atomic mass is 10.3. The van der Waals surface area contributed by atoms with Crippen molar-refractivity contribution in [2.45, 2.75) is 18.2 Å². The zero-order chi connectivity index (χ0) is 16.2. The molecular formula is C13H14BrClN4O2S. The van der Waals surface area contributed by atoms with Crippen molar-refractivity contribution in [1.29, 1.82) is 0 Å². The molecule has 1 aromatic carbocycles. The van der Waals surface area contributed by atoms with Crippen molar-refractivity contribution in [2.75, 3.05) is 11.9 Å². The van der Waals surface area contributed by atoms with Crippen molar-refractivity contribution in [2.24, 2.45) is 0 Å². The van der Waals surface area contributed by atoms with Crippen molar-refractivity contribution in [3.8, 4) is 0 Å². The first kappa shape index (κ1) is 17.1. The molecule has 0 amide bonds. The Kier molecular flexibility index (Phi) is 5.74. The van der Waals surface area contributed by atoms with Crippen LogP contribution in [0, 0.1) is 0 Å². The van der Waals surface area contributed by atoms with Gasteiger partial charge in [0.15, 0.2) is 0 Å². The zero-order valence-corrected chi connectivity index (χ0v) is 14.8. The van der Waals surface area contributed by atoms with Gasteiger partial charge in [-0.1, -0.05) is 19.1 Å². The number of nitrogens with zero attached hydrogens (tertiary/aromatic N) is 2. The van der Waals surface area contributed by atoms with E-state index in [1.165, 1.54) is 12.3 Å². The number of hydrogen-bond donors (Lipinski definition) is 2. The summed E-state index contributed by atoms with van der Waals surface area (Å²) in [4.78, 5) is 8.01. The summed E-state index contributed by atoms with van der Waals surface area (Å²) in [6.45, 7) is 2.27. The fourth-order valence-electron chi connectivity index (χ4n) is 1.68. The third-order valence-electron chi connectivity index (χ3n) is 2.69. The van der Waals surface area contributed by atoms with E-state index in [0.29, 0.717) is 28.9 Å². The van der Waals surface area contributed by atoms with E-state index in [0.717, 1.165) is 0 Å². The summed E-state index contributed by atoms with van der Waals surface area (Å²) in [6, 6.07) is 6.57. The SMILES string of the molecule is CCCNS(=O)(=O)c1ccccc1Nc1nc(Cl)ncc1Br. The van der Waals surface area contributed by atoms with Gasteiger partial charge in [0.05, 0.1) is 10.2 Å². The largest absolute Gasteiger partial charge is 0.338 e. The molecule has 0 unspecified atom stereocenters. The van der Waals surface area contributed by atoms with Gasteiger partial charge in [0.1, 0.15) is 10.7 Å². The predicted molar refractivity (Wildman–Crippen MR) is 89.9 cm³/mol. The molecule has 0 atom stereocenters. The van der Waals surface area contributed by atoms with Crippen LogP contribution >= 0.6 is 27.5 Å². The van der Waals surface area contributed by atoms with Gasteiger partial charge in [0, 0.05) is 12.7 Å². The third kappa shape index (κ3) is 4.16. The Morgan fingerprint density at radius 2 is 2.05 bits per heavy atom. The van der Waals surface area contributed by atoms with E-state index in [9.17, 15) is 8.42 Å². The topological polar surface area (TPSA) is 84.0 Å². The number of anilines is 2. The highest BCUT2D eigenvalue weighted by Crippen LogP contribution is 2.28. The van der Waals surface area contributed by atoms with Gasteiger partial charge in [0.2, 0.25) is 15.3 Å². The van der Waals surface area contributed by atoms with Crippen LogP contribution in [0.4, 0.5) is 11.5 Å². The van der Waals surface area contributed by atoms with Crippen LogP contribution in [0.3, 0.4) is 0 Å². The van der Waals surface area contributed by atoms with Crippen molar-refractivity contribution < 1.29 is 8.42 Å². The molecule has 118 valence electrons.